The third-order valence-corrected chi connectivity index (χ3v) is 6.16. The van der Waals surface area contributed by atoms with Crippen LogP contribution in [0.1, 0.15) is 27.6 Å². The van der Waals surface area contributed by atoms with Crippen LogP contribution < -0.4 is 14.8 Å². The minimum Gasteiger partial charge on any atom is -0.497 e. The Morgan fingerprint density at radius 3 is 2.10 bits per heavy atom. The van der Waals surface area contributed by atoms with E-state index < -0.39 is 33.8 Å². The maximum Gasteiger partial charge on any atom is 0.262 e. The maximum absolute atomic E-state index is 12.4. The van der Waals surface area contributed by atoms with E-state index >= 15 is 0 Å². The number of hydrogen-bond acceptors (Lipinski definition) is 6. The zero-order valence-corrected chi connectivity index (χ0v) is 17.2. The monoisotopic (exact) mass is 431 g/mol. The van der Waals surface area contributed by atoms with Gasteiger partial charge in [0.05, 0.1) is 23.1 Å². The van der Waals surface area contributed by atoms with Crippen molar-refractivity contribution < 1.29 is 27.5 Å². The van der Waals surface area contributed by atoms with E-state index in [9.17, 15) is 22.8 Å². The second kappa shape index (κ2) is 8.64. The number of nitrogens with one attached hydrogen (secondary N) is 2. The van der Waals surface area contributed by atoms with E-state index in [-0.39, 0.29) is 29.1 Å². The van der Waals surface area contributed by atoms with Gasteiger partial charge in [-0.2, -0.15) is 0 Å². The topological polar surface area (TPSA) is 122 Å². The quantitative estimate of drug-likeness (QED) is 0.470. The predicted octanol–water partition coefficient (Wildman–Crippen LogP) is 0.774. The molecule has 0 fully saturated rings. The fourth-order valence-electron chi connectivity index (χ4n) is 3.03. The minimum absolute atomic E-state index is 0.0122. The van der Waals surface area contributed by atoms with E-state index in [1.54, 1.807) is 12.1 Å². The van der Waals surface area contributed by atoms with Crippen molar-refractivity contribution in [2.75, 3.05) is 20.2 Å². The molecule has 10 heteroatoms. The van der Waals surface area contributed by atoms with Crippen LogP contribution in [0.5, 0.6) is 5.75 Å². The molecule has 1 aliphatic rings. The molecule has 3 amide bonds. The molecule has 0 saturated heterocycles. The van der Waals surface area contributed by atoms with Crippen molar-refractivity contribution in [2.45, 2.75) is 17.9 Å². The van der Waals surface area contributed by atoms with Gasteiger partial charge in [0, 0.05) is 13.1 Å². The van der Waals surface area contributed by atoms with Crippen LogP contribution in [0.4, 0.5) is 0 Å². The summed E-state index contributed by atoms with van der Waals surface area (Å²) in [6.07, 6.45) is 0. The molecular weight excluding hydrogens is 410 g/mol. The number of amides is 3. The van der Waals surface area contributed by atoms with Gasteiger partial charge in [-0.3, -0.25) is 19.3 Å². The molecule has 1 heterocycles. The molecule has 0 aliphatic carbocycles. The fraction of sp³-hybridized carbons (Fsp3) is 0.250. The van der Waals surface area contributed by atoms with Gasteiger partial charge in [-0.05, 0) is 43.3 Å². The summed E-state index contributed by atoms with van der Waals surface area (Å²) in [7, 11) is -2.27. The molecule has 9 nitrogen and oxygen atoms in total. The smallest absolute Gasteiger partial charge is 0.262 e. The third-order valence-electron chi connectivity index (χ3n) is 4.68. The summed E-state index contributed by atoms with van der Waals surface area (Å²) in [6, 6.07) is 11.2. The molecule has 1 aliphatic heterocycles. The highest BCUT2D eigenvalue weighted by molar-refractivity contribution is 7.89. The zero-order chi connectivity index (χ0) is 21.9. The fourth-order valence-corrected chi connectivity index (χ4v) is 4.07. The second-order valence-electron chi connectivity index (χ2n) is 6.57. The summed E-state index contributed by atoms with van der Waals surface area (Å²) in [5, 5.41) is 2.54. The number of rotatable bonds is 8. The molecule has 3 rings (SSSR count). The number of ether oxygens (including phenoxy) is 1. The Hall–Kier alpha value is -3.24. The molecule has 0 radical (unpaired) electrons. The molecule has 158 valence electrons. The summed E-state index contributed by atoms with van der Waals surface area (Å²) < 4.78 is 31.9. The SMILES string of the molecule is COc1ccc(S(=O)(=O)NCCNC(=O)C(C)N2C(=O)c3ccccc3C2=O)cc1. The molecule has 30 heavy (non-hydrogen) atoms. The van der Waals surface area contributed by atoms with Crippen LogP contribution in [0.2, 0.25) is 0 Å². The molecular formula is C20H21N3O6S. The summed E-state index contributed by atoms with van der Waals surface area (Å²) in [6.45, 7) is 1.37. The summed E-state index contributed by atoms with van der Waals surface area (Å²) in [4.78, 5) is 38.2. The number of methoxy groups -OCH3 is 1. The Kier molecular flexibility index (Phi) is 6.18. The molecule has 1 unspecified atom stereocenters. The van der Waals surface area contributed by atoms with E-state index in [1.807, 2.05) is 0 Å². The zero-order valence-electron chi connectivity index (χ0n) is 16.4. The van der Waals surface area contributed by atoms with Crippen molar-refractivity contribution in [3.8, 4) is 5.75 Å². The van der Waals surface area contributed by atoms with Crippen LogP contribution in [0.25, 0.3) is 0 Å². The van der Waals surface area contributed by atoms with Crippen LogP contribution in [-0.2, 0) is 14.8 Å². The number of carbonyl (C=O) groups is 3. The van der Waals surface area contributed by atoms with E-state index in [0.29, 0.717) is 5.75 Å². The number of imide groups is 1. The Balaban J connectivity index is 1.53. The Labute approximate surface area is 174 Å². The molecule has 1 atom stereocenters. The van der Waals surface area contributed by atoms with E-state index in [1.165, 1.54) is 50.4 Å². The summed E-state index contributed by atoms with van der Waals surface area (Å²) in [5.41, 5.74) is 0.517. The number of hydrogen-bond donors (Lipinski definition) is 2. The normalized spacial score (nSPS) is 14.4. The highest BCUT2D eigenvalue weighted by Gasteiger charge is 2.40. The second-order valence-corrected chi connectivity index (χ2v) is 8.33. The number of sulfonamides is 1. The van der Waals surface area contributed by atoms with E-state index in [4.69, 9.17) is 4.74 Å². The Morgan fingerprint density at radius 1 is 1.00 bits per heavy atom. The number of benzene rings is 2. The first-order chi connectivity index (χ1) is 14.3. The highest BCUT2D eigenvalue weighted by atomic mass is 32.2. The van der Waals surface area contributed by atoms with Crippen molar-refractivity contribution in [2.24, 2.45) is 0 Å². The third kappa shape index (κ3) is 4.19. The summed E-state index contributed by atoms with van der Waals surface area (Å²) in [5.74, 6) is -1.09. The number of carbonyl (C=O) groups excluding carboxylic acids is 3. The highest BCUT2D eigenvalue weighted by Crippen LogP contribution is 2.24. The molecule has 0 spiro atoms. The molecule has 0 aromatic heterocycles. The van der Waals surface area contributed by atoms with Crippen molar-refractivity contribution in [1.29, 1.82) is 0 Å². The van der Waals surface area contributed by atoms with Gasteiger partial charge in [-0.1, -0.05) is 12.1 Å². The molecule has 2 N–H and O–H groups in total. The lowest BCUT2D eigenvalue weighted by Crippen LogP contribution is -2.49. The van der Waals surface area contributed by atoms with Crippen LogP contribution in [0.3, 0.4) is 0 Å². The number of nitrogens with zero attached hydrogens (tertiary/aromatic N) is 1. The van der Waals surface area contributed by atoms with Crippen LogP contribution in [0, 0.1) is 0 Å². The van der Waals surface area contributed by atoms with E-state index in [2.05, 4.69) is 10.0 Å². The number of fused-ring (bicyclic) bond motifs is 1. The first-order valence-corrected chi connectivity index (χ1v) is 10.6. The van der Waals surface area contributed by atoms with Crippen molar-refractivity contribution in [3.05, 3.63) is 59.7 Å². The lowest BCUT2D eigenvalue weighted by molar-refractivity contribution is -0.124. The van der Waals surface area contributed by atoms with Crippen molar-refractivity contribution in [1.82, 2.24) is 14.9 Å². The standard InChI is InChI=1S/C20H21N3O6S/c1-13(23-19(25)16-5-3-4-6-17(16)20(23)26)18(24)21-11-12-22-30(27,28)15-9-7-14(29-2)8-10-15/h3-10,13,22H,11-12H2,1-2H3,(H,21,24). The summed E-state index contributed by atoms with van der Waals surface area (Å²) >= 11 is 0. The van der Waals surface area contributed by atoms with Gasteiger partial charge < -0.3 is 10.1 Å². The molecule has 2 aromatic carbocycles. The van der Waals surface area contributed by atoms with Gasteiger partial charge in [-0.25, -0.2) is 13.1 Å². The van der Waals surface area contributed by atoms with Crippen LogP contribution in [-0.4, -0.2) is 57.3 Å². The minimum atomic E-state index is -3.75. The average Bonchev–Trinajstić information content (AvgIpc) is 3.01. The Bertz CT molecular complexity index is 1050. The first-order valence-electron chi connectivity index (χ1n) is 9.14. The first kappa shape index (κ1) is 21.5. The van der Waals surface area contributed by atoms with Gasteiger partial charge in [-0.15, -0.1) is 0 Å². The maximum atomic E-state index is 12.4. The molecule has 0 bridgehead atoms. The van der Waals surface area contributed by atoms with Gasteiger partial charge >= 0.3 is 0 Å². The average molecular weight is 431 g/mol. The van der Waals surface area contributed by atoms with E-state index in [0.717, 1.165) is 4.90 Å². The van der Waals surface area contributed by atoms with Crippen molar-refractivity contribution >= 4 is 27.7 Å². The molecule has 0 saturated carbocycles. The lowest BCUT2D eigenvalue weighted by Gasteiger charge is -2.21. The predicted molar refractivity (Wildman–Crippen MR) is 108 cm³/mol. The van der Waals surface area contributed by atoms with Crippen LogP contribution >= 0.6 is 0 Å². The van der Waals surface area contributed by atoms with Crippen molar-refractivity contribution in [3.63, 3.8) is 0 Å². The van der Waals surface area contributed by atoms with Gasteiger partial charge in [0.1, 0.15) is 11.8 Å². The molecule has 2 aromatic rings. The van der Waals surface area contributed by atoms with Crippen LogP contribution in [0.15, 0.2) is 53.4 Å². The Morgan fingerprint density at radius 2 is 1.57 bits per heavy atom. The lowest BCUT2D eigenvalue weighted by atomic mass is 10.1. The van der Waals surface area contributed by atoms with Gasteiger partial charge in [0.25, 0.3) is 11.8 Å². The largest absolute Gasteiger partial charge is 0.497 e. The van der Waals surface area contributed by atoms with Gasteiger partial charge in [0.2, 0.25) is 15.9 Å². The van der Waals surface area contributed by atoms with Gasteiger partial charge in [0.15, 0.2) is 0 Å².